The maximum Gasteiger partial charge on any atom is 0.271 e. The van der Waals surface area contributed by atoms with Crippen molar-refractivity contribution < 1.29 is 9.31 Å². The Balaban J connectivity index is 2.03. The van der Waals surface area contributed by atoms with Crippen molar-refractivity contribution in [2.45, 2.75) is 25.7 Å². The highest BCUT2D eigenvalue weighted by Crippen LogP contribution is 2.31. The van der Waals surface area contributed by atoms with E-state index < -0.39 is 4.92 Å². The average molecular weight is 381 g/mol. The fourth-order valence-electron chi connectivity index (χ4n) is 3.52. The van der Waals surface area contributed by atoms with Crippen LogP contribution in [0.5, 0.6) is 0 Å². The normalized spacial score (nSPS) is 13.2. The highest BCUT2D eigenvalue weighted by Gasteiger charge is 2.21. The summed E-state index contributed by atoms with van der Waals surface area (Å²) in [5, 5.41) is 11.2. The molecule has 1 heterocycles. The zero-order valence-electron chi connectivity index (χ0n) is 14.4. The lowest BCUT2D eigenvalue weighted by Crippen LogP contribution is -2.17. The molecule has 5 nitrogen and oxygen atoms in total. The van der Waals surface area contributed by atoms with Crippen molar-refractivity contribution in [1.29, 1.82) is 0 Å². The number of aromatic nitrogens is 2. The number of hydrogen-bond acceptors (Lipinski definition) is 4. The molecule has 2 aromatic carbocycles. The molecular formula is C20H16FN3O2S. The van der Waals surface area contributed by atoms with Crippen LogP contribution >= 0.6 is 12.2 Å². The van der Waals surface area contributed by atoms with Crippen LogP contribution < -0.4 is 0 Å². The van der Waals surface area contributed by atoms with Crippen LogP contribution in [0.1, 0.15) is 24.1 Å². The first-order chi connectivity index (χ1) is 13.0. The van der Waals surface area contributed by atoms with Crippen molar-refractivity contribution in [3.63, 3.8) is 0 Å². The minimum atomic E-state index is -0.414. The number of nitrogens with zero attached hydrogens (tertiary/aromatic N) is 3. The van der Waals surface area contributed by atoms with Gasteiger partial charge in [0.05, 0.1) is 10.6 Å². The van der Waals surface area contributed by atoms with E-state index in [1.807, 2.05) is 10.6 Å². The lowest BCUT2D eigenvalue weighted by Gasteiger charge is -2.24. The van der Waals surface area contributed by atoms with E-state index in [1.165, 1.54) is 24.3 Å². The molecule has 0 atom stereocenters. The topological polar surface area (TPSA) is 61.0 Å². The molecule has 0 N–H and O–H groups in total. The molecule has 136 valence electrons. The lowest BCUT2D eigenvalue weighted by molar-refractivity contribution is -0.384. The monoisotopic (exact) mass is 381 g/mol. The van der Waals surface area contributed by atoms with Gasteiger partial charge in [0.15, 0.2) is 0 Å². The summed E-state index contributed by atoms with van der Waals surface area (Å²) in [5.74, 6) is 0.235. The number of nitro benzene ring substituents is 1. The van der Waals surface area contributed by atoms with E-state index in [-0.39, 0.29) is 11.5 Å². The van der Waals surface area contributed by atoms with Crippen molar-refractivity contribution in [2.24, 2.45) is 0 Å². The number of hydrogen-bond donors (Lipinski definition) is 0. The first-order valence-electron chi connectivity index (χ1n) is 8.70. The van der Waals surface area contributed by atoms with Crippen molar-refractivity contribution >= 4 is 17.9 Å². The van der Waals surface area contributed by atoms with Gasteiger partial charge in [0.2, 0.25) is 0 Å². The molecule has 0 fully saturated rings. The maximum atomic E-state index is 13.4. The number of rotatable bonds is 3. The zero-order chi connectivity index (χ0) is 19.0. The molecule has 0 saturated carbocycles. The van der Waals surface area contributed by atoms with Crippen LogP contribution in [0.25, 0.3) is 17.1 Å². The molecule has 3 aromatic rings. The van der Waals surface area contributed by atoms with Crippen molar-refractivity contribution in [1.82, 2.24) is 9.55 Å². The third kappa shape index (κ3) is 3.26. The molecule has 0 bridgehead atoms. The van der Waals surface area contributed by atoms with E-state index in [9.17, 15) is 14.5 Å². The van der Waals surface area contributed by atoms with Crippen molar-refractivity contribution in [3.8, 4) is 17.1 Å². The minimum absolute atomic E-state index is 0.0112. The number of non-ortho nitro benzene ring substituents is 1. The van der Waals surface area contributed by atoms with Crippen LogP contribution in [0.2, 0.25) is 0 Å². The van der Waals surface area contributed by atoms with E-state index >= 15 is 0 Å². The molecule has 0 spiro atoms. The summed E-state index contributed by atoms with van der Waals surface area (Å²) in [7, 11) is 0. The highest BCUT2D eigenvalue weighted by atomic mass is 32.1. The van der Waals surface area contributed by atoms with E-state index in [0.717, 1.165) is 36.9 Å². The third-order valence-electron chi connectivity index (χ3n) is 4.79. The fourth-order valence-corrected chi connectivity index (χ4v) is 3.83. The Kier molecular flexibility index (Phi) is 4.53. The van der Waals surface area contributed by atoms with E-state index in [2.05, 4.69) is 4.98 Å². The molecule has 0 amide bonds. The molecule has 27 heavy (non-hydrogen) atoms. The Bertz CT molecular complexity index is 1090. The summed E-state index contributed by atoms with van der Waals surface area (Å²) in [6, 6.07) is 12.5. The Morgan fingerprint density at radius 3 is 2.59 bits per heavy atom. The quantitative estimate of drug-likeness (QED) is 0.356. The van der Waals surface area contributed by atoms with Gasteiger partial charge in [0.1, 0.15) is 16.3 Å². The highest BCUT2D eigenvalue weighted by molar-refractivity contribution is 7.71. The van der Waals surface area contributed by atoms with Crippen LogP contribution in [0, 0.1) is 20.6 Å². The van der Waals surface area contributed by atoms with Gasteiger partial charge in [-0.2, -0.15) is 0 Å². The van der Waals surface area contributed by atoms with Gasteiger partial charge in [-0.15, -0.1) is 0 Å². The summed E-state index contributed by atoms with van der Waals surface area (Å²) in [6.45, 7) is 0. The van der Waals surface area contributed by atoms with Crippen LogP contribution in [0.3, 0.4) is 0 Å². The Morgan fingerprint density at radius 1 is 1.11 bits per heavy atom. The molecular weight excluding hydrogens is 365 g/mol. The van der Waals surface area contributed by atoms with Gasteiger partial charge in [-0.3, -0.25) is 14.7 Å². The SMILES string of the molecule is O=[N+]([O-])c1cccc(-n2c(-c3ccc(F)cc3)nc(=S)c3c2CCCC3)c1. The maximum absolute atomic E-state index is 13.4. The van der Waals surface area contributed by atoms with Crippen LogP contribution in [0.4, 0.5) is 10.1 Å². The number of fused-ring (bicyclic) bond motifs is 1. The molecule has 0 radical (unpaired) electrons. The minimum Gasteiger partial charge on any atom is -0.298 e. The molecule has 0 aliphatic heterocycles. The molecule has 1 aliphatic carbocycles. The molecule has 0 unspecified atom stereocenters. The summed E-state index contributed by atoms with van der Waals surface area (Å²) < 4.78 is 15.9. The molecule has 0 saturated heterocycles. The lowest BCUT2D eigenvalue weighted by atomic mass is 9.96. The molecule has 7 heteroatoms. The summed E-state index contributed by atoms with van der Waals surface area (Å²) >= 11 is 5.52. The van der Waals surface area contributed by atoms with Gasteiger partial charge in [-0.05, 0) is 56.0 Å². The first kappa shape index (κ1) is 17.5. The molecule has 1 aliphatic rings. The summed E-state index contributed by atoms with van der Waals surface area (Å²) in [5.41, 5.74) is 3.43. The van der Waals surface area contributed by atoms with Gasteiger partial charge in [0.25, 0.3) is 5.69 Å². The molecule has 4 rings (SSSR count). The third-order valence-corrected chi connectivity index (χ3v) is 5.12. The van der Waals surface area contributed by atoms with E-state index in [4.69, 9.17) is 12.2 Å². The fraction of sp³-hybridized carbons (Fsp3) is 0.200. The predicted molar refractivity (Wildman–Crippen MR) is 103 cm³/mol. The summed E-state index contributed by atoms with van der Waals surface area (Å²) in [4.78, 5) is 15.5. The Morgan fingerprint density at radius 2 is 1.85 bits per heavy atom. The zero-order valence-corrected chi connectivity index (χ0v) is 15.2. The molecule has 1 aromatic heterocycles. The standard InChI is InChI=1S/C20H16FN3O2S/c21-14-10-8-13(9-11-14)19-22-20(27)17-6-1-2-7-18(17)23(19)15-4-3-5-16(12-15)24(25)26/h3-5,8-12H,1-2,6-7H2. The van der Waals surface area contributed by atoms with Crippen molar-refractivity contribution in [3.05, 3.63) is 80.4 Å². The second-order valence-corrected chi connectivity index (χ2v) is 6.88. The largest absolute Gasteiger partial charge is 0.298 e. The predicted octanol–water partition coefficient (Wildman–Crippen LogP) is 5.19. The van der Waals surface area contributed by atoms with Crippen LogP contribution in [-0.4, -0.2) is 14.5 Å². The second-order valence-electron chi connectivity index (χ2n) is 6.49. The number of benzene rings is 2. The number of nitro groups is 1. The van der Waals surface area contributed by atoms with Crippen LogP contribution in [0.15, 0.2) is 48.5 Å². The Hall–Kier alpha value is -2.93. The van der Waals surface area contributed by atoms with Gasteiger partial charge >= 0.3 is 0 Å². The smallest absolute Gasteiger partial charge is 0.271 e. The van der Waals surface area contributed by atoms with Gasteiger partial charge < -0.3 is 0 Å². The first-order valence-corrected chi connectivity index (χ1v) is 9.11. The average Bonchev–Trinajstić information content (AvgIpc) is 2.68. The Labute approximate surface area is 160 Å². The summed E-state index contributed by atoms with van der Waals surface area (Å²) in [6.07, 6.45) is 3.73. The second kappa shape index (κ2) is 7.00. The van der Waals surface area contributed by atoms with Gasteiger partial charge in [0, 0.05) is 29.0 Å². The van der Waals surface area contributed by atoms with Gasteiger partial charge in [-0.1, -0.05) is 18.3 Å². The van der Waals surface area contributed by atoms with Gasteiger partial charge in [-0.25, -0.2) is 9.37 Å². The number of halogens is 1. The van der Waals surface area contributed by atoms with Crippen molar-refractivity contribution in [2.75, 3.05) is 0 Å². The van der Waals surface area contributed by atoms with Crippen LogP contribution in [-0.2, 0) is 12.8 Å². The van der Waals surface area contributed by atoms with E-state index in [0.29, 0.717) is 21.7 Å². The van der Waals surface area contributed by atoms with E-state index in [1.54, 1.807) is 18.2 Å².